The molecule has 0 radical (unpaired) electrons. The fraction of sp³-hybridized carbons (Fsp3) is 0.150. The fourth-order valence-electron chi connectivity index (χ4n) is 2.85. The quantitative estimate of drug-likeness (QED) is 0.653. The van der Waals surface area contributed by atoms with E-state index in [1.165, 1.54) is 5.56 Å². The molecule has 1 heterocycles. The number of nitrogens with zero attached hydrogens (tertiary/aromatic N) is 1. The van der Waals surface area contributed by atoms with Crippen molar-refractivity contribution in [3.8, 4) is 0 Å². The Morgan fingerprint density at radius 2 is 1.50 bits per heavy atom. The molecule has 0 amide bonds. The minimum Gasteiger partial charge on any atom is -0.346 e. The SMILES string of the molecule is Cc1cn(Cc2ccccc2)c(C)c1C(=O)c1ccccc1. The molecule has 1 aromatic heterocycles. The van der Waals surface area contributed by atoms with E-state index in [0.29, 0.717) is 0 Å². The van der Waals surface area contributed by atoms with Gasteiger partial charge in [0.1, 0.15) is 0 Å². The van der Waals surface area contributed by atoms with Crippen LogP contribution in [0.5, 0.6) is 0 Å². The standard InChI is InChI=1S/C20H19NO/c1-15-13-21(14-17-9-5-3-6-10-17)16(2)19(15)20(22)18-11-7-4-8-12-18/h3-13H,14H2,1-2H3. The lowest BCUT2D eigenvalue weighted by Gasteiger charge is -2.07. The van der Waals surface area contributed by atoms with Crippen molar-refractivity contribution in [2.45, 2.75) is 20.4 Å². The first kappa shape index (κ1) is 14.3. The first-order valence-electron chi connectivity index (χ1n) is 7.47. The Balaban J connectivity index is 1.95. The van der Waals surface area contributed by atoms with E-state index < -0.39 is 0 Å². The molecule has 2 heteroatoms. The van der Waals surface area contributed by atoms with Gasteiger partial charge in [-0.1, -0.05) is 60.7 Å². The van der Waals surface area contributed by atoms with Crippen molar-refractivity contribution < 1.29 is 4.79 Å². The molecule has 0 aliphatic rings. The summed E-state index contributed by atoms with van der Waals surface area (Å²) in [4.78, 5) is 12.7. The summed E-state index contributed by atoms with van der Waals surface area (Å²) >= 11 is 0. The summed E-state index contributed by atoms with van der Waals surface area (Å²) in [6.07, 6.45) is 2.07. The third kappa shape index (κ3) is 2.73. The molecule has 0 aliphatic carbocycles. The van der Waals surface area contributed by atoms with Crippen molar-refractivity contribution >= 4 is 5.78 Å². The highest BCUT2D eigenvalue weighted by Crippen LogP contribution is 2.21. The molecular formula is C20H19NO. The topological polar surface area (TPSA) is 22.0 Å². The number of hydrogen-bond acceptors (Lipinski definition) is 1. The van der Waals surface area contributed by atoms with Gasteiger partial charge in [0, 0.05) is 29.6 Å². The van der Waals surface area contributed by atoms with Crippen molar-refractivity contribution in [1.29, 1.82) is 0 Å². The van der Waals surface area contributed by atoms with Crippen LogP contribution in [0.15, 0.2) is 66.9 Å². The van der Waals surface area contributed by atoms with Gasteiger partial charge in [-0.3, -0.25) is 4.79 Å². The molecule has 0 saturated heterocycles. The van der Waals surface area contributed by atoms with E-state index in [1.54, 1.807) is 0 Å². The first-order chi connectivity index (χ1) is 10.7. The minimum absolute atomic E-state index is 0.0995. The van der Waals surface area contributed by atoms with E-state index in [0.717, 1.165) is 28.9 Å². The number of benzene rings is 2. The van der Waals surface area contributed by atoms with Gasteiger partial charge < -0.3 is 4.57 Å². The number of carbonyl (C=O) groups is 1. The lowest BCUT2D eigenvalue weighted by atomic mass is 10.0. The van der Waals surface area contributed by atoms with Gasteiger partial charge in [-0.15, -0.1) is 0 Å². The maximum Gasteiger partial charge on any atom is 0.195 e. The van der Waals surface area contributed by atoms with Crippen LogP contribution < -0.4 is 0 Å². The number of carbonyl (C=O) groups excluding carboxylic acids is 1. The average Bonchev–Trinajstić information content (AvgIpc) is 2.82. The molecule has 0 aliphatic heterocycles. The molecular weight excluding hydrogens is 270 g/mol. The third-order valence-electron chi connectivity index (χ3n) is 4.00. The molecule has 0 spiro atoms. The molecule has 3 rings (SSSR count). The molecule has 0 atom stereocenters. The Labute approximate surface area is 131 Å². The second-order valence-electron chi connectivity index (χ2n) is 5.58. The Kier molecular flexibility index (Phi) is 3.92. The molecule has 2 nitrogen and oxygen atoms in total. The van der Waals surface area contributed by atoms with Crippen LogP contribution >= 0.6 is 0 Å². The maximum atomic E-state index is 12.7. The van der Waals surface area contributed by atoms with Crippen LogP contribution in [0.3, 0.4) is 0 Å². The average molecular weight is 289 g/mol. The van der Waals surface area contributed by atoms with E-state index in [4.69, 9.17) is 0 Å². The highest BCUT2D eigenvalue weighted by molar-refractivity contribution is 6.10. The van der Waals surface area contributed by atoms with Gasteiger partial charge in [-0.25, -0.2) is 0 Å². The van der Waals surface area contributed by atoms with E-state index in [9.17, 15) is 4.79 Å². The van der Waals surface area contributed by atoms with Crippen molar-refractivity contribution in [3.63, 3.8) is 0 Å². The minimum atomic E-state index is 0.0995. The highest BCUT2D eigenvalue weighted by Gasteiger charge is 2.18. The number of aromatic nitrogens is 1. The summed E-state index contributed by atoms with van der Waals surface area (Å²) < 4.78 is 2.15. The predicted octanol–water partition coefficient (Wildman–Crippen LogP) is 4.38. The second-order valence-corrected chi connectivity index (χ2v) is 5.58. The molecule has 22 heavy (non-hydrogen) atoms. The molecule has 0 fully saturated rings. The number of aryl methyl sites for hydroxylation is 1. The molecule has 0 saturated carbocycles. The highest BCUT2D eigenvalue weighted by atomic mass is 16.1. The van der Waals surface area contributed by atoms with Crippen LogP contribution in [0, 0.1) is 13.8 Å². The molecule has 0 bridgehead atoms. The maximum absolute atomic E-state index is 12.7. The Bertz CT molecular complexity index is 785. The predicted molar refractivity (Wildman–Crippen MR) is 89.3 cm³/mol. The van der Waals surface area contributed by atoms with Crippen molar-refractivity contribution in [1.82, 2.24) is 4.57 Å². The molecule has 0 unspecified atom stereocenters. The molecule has 110 valence electrons. The van der Waals surface area contributed by atoms with Crippen LogP contribution in [0.2, 0.25) is 0 Å². The number of rotatable bonds is 4. The van der Waals surface area contributed by atoms with Crippen LogP contribution in [0.1, 0.15) is 32.7 Å². The summed E-state index contributed by atoms with van der Waals surface area (Å²) in [6.45, 7) is 4.81. The van der Waals surface area contributed by atoms with Crippen molar-refractivity contribution in [3.05, 3.63) is 94.8 Å². The van der Waals surface area contributed by atoms with Gasteiger partial charge in [-0.05, 0) is 25.0 Å². The smallest absolute Gasteiger partial charge is 0.195 e. The van der Waals surface area contributed by atoms with Crippen LogP contribution in [-0.2, 0) is 6.54 Å². The first-order valence-corrected chi connectivity index (χ1v) is 7.47. The Morgan fingerprint density at radius 1 is 0.909 bits per heavy atom. The molecule has 2 aromatic carbocycles. The largest absolute Gasteiger partial charge is 0.346 e. The van der Waals surface area contributed by atoms with Crippen molar-refractivity contribution in [2.24, 2.45) is 0 Å². The van der Waals surface area contributed by atoms with E-state index in [2.05, 4.69) is 22.9 Å². The van der Waals surface area contributed by atoms with Gasteiger partial charge >= 0.3 is 0 Å². The zero-order valence-electron chi connectivity index (χ0n) is 12.9. The van der Waals surface area contributed by atoms with Gasteiger partial charge in [0.15, 0.2) is 5.78 Å². The normalized spacial score (nSPS) is 10.6. The van der Waals surface area contributed by atoms with Crippen LogP contribution in [0.25, 0.3) is 0 Å². The summed E-state index contributed by atoms with van der Waals surface area (Å²) in [5.41, 5.74) is 4.85. The third-order valence-corrected chi connectivity index (χ3v) is 4.00. The van der Waals surface area contributed by atoms with Crippen LogP contribution in [0.4, 0.5) is 0 Å². The van der Waals surface area contributed by atoms with Crippen molar-refractivity contribution in [2.75, 3.05) is 0 Å². The Hall–Kier alpha value is -2.61. The summed E-state index contributed by atoms with van der Waals surface area (Å²) in [6, 6.07) is 19.8. The fourth-order valence-corrected chi connectivity index (χ4v) is 2.85. The lowest BCUT2D eigenvalue weighted by Crippen LogP contribution is -2.06. The van der Waals surface area contributed by atoms with Crippen LogP contribution in [-0.4, -0.2) is 10.4 Å². The number of ketones is 1. The van der Waals surface area contributed by atoms with E-state index in [-0.39, 0.29) is 5.78 Å². The van der Waals surface area contributed by atoms with E-state index in [1.807, 2.05) is 62.4 Å². The van der Waals surface area contributed by atoms with Gasteiger partial charge in [0.25, 0.3) is 0 Å². The van der Waals surface area contributed by atoms with Gasteiger partial charge in [-0.2, -0.15) is 0 Å². The second kappa shape index (κ2) is 6.02. The van der Waals surface area contributed by atoms with E-state index >= 15 is 0 Å². The summed E-state index contributed by atoms with van der Waals surface area (Å²) in [5, 5.41) is 0. The van der Waals surface area contributed by atoms with Gasteiger partial charge in [0.05, 0.1) is 0 Å². The summed E-state index contributed by atoms with van der Waals surface area (Å²) in [5.74, 6) is 0.0995. The lowest BCUT2D eigenvalue weighted by molar-refractivity contribution is 0.103. The summed E-state index contributed by atoms with van der Waals surface area (Å²) in [7, 11) is 0. The molecule has 0 N–H and O–H groups in total. The molecule has 3 aromatic rings. The zero-order chi connectivity index (χ0) is 15.5. The Morgan fingerprint density at radius 3 is 2.14 bits per heavy atom. The monoisotopic (exact) mass is 289 g/mol. The van der Waals surface area contributed by atoms with Gasteiger partial charge in [0.2, 0.25) is 0 Å². The number of hydrogen-bond donors (Lipinski definition) is 0. The zero-order valence-corrected chi connectivity index (χ0v) is 12.9.